The Hall–Kier alpha value is -2.49. The smallest absolute Gasteiger partial charge is 0.255 e. The van der Waals surface area contributed by atoms with Gasteiger partial charge in [-0.05, 0) is 35.6 Å². The van der Waals surface area contributed by atoms with Crippen LogP contribution in [-0.4, -0.2) is 17.6 Å². The first-order valence-corrected chi connectivity index (χ1v) is 7.32. The molecular weight excluding hydrogens is 278 g/mol. The highest BCUT2D eigenvalue weighted by Gasteiger charge is 2.12. The normalized spacial score (nSPS) is 10.5. The van der Waals surface area contributed by atoms with Gasteiger partial charge >= 0.3 is 0 Å². The summed E-state index contributed by atoms with van der Waals surface area (Å²) in [4.78, 5) is 10.9. The number of nitrogens with two attached hydrogens (primary N) is 1. The number of carbonyl (C=O) groups excluding carboxylic acids is 1. The van der Waals surface area contributed by atoms with Gasteiger partial charge < -0.3 is 15.6 Å². The Morgan fingerprint density at radius 1 is 1.14 bits per heavy atom. The fourth-order valence-electron chi connectivity index (χ4n) is 2.48. The van der Waals surface area contributed by atoms with Gasteiger partial charge in [-0.15, -0.1) is 0 Å². The molecule has 0 spiro atoms. The first-order chi connectivity index (χ1) is 10.5. The third kappa shape index (κ3) is 3.58. The Labute approximate surface area is 130 Å². The highest BCUT2D eigenvalue weighted by Crippen LogP contribution is 2.30. The van der Waals surface area contributed by atoms with Crippen molar-refractivity contribution >= 4 is 5.91 Å². The monoisotopic (exact) mass is 299 g/mol. The first-order valence-electron chi connectivity index (χ1n) is 7.32. The van der Waals surface area contributed by atoms with Crippen LogP contribution in [0.4, 0.5) is 0 Å². The van der Waals surface area contributed by atoms with Crippen molar-refractivity contribution in [3.05, 3.63) is 58.7 Å². The second-order valence-electron chi connectivity index (χ2n) is 5.27. The largest absolute Gasteiger partial charge is 0.507 e. The van der Waals surface area contributed by atoms with Crippen LogP contribution in [0.25, 0.3) is 0 Å². The number of phenolic OH excluding ortho intramolecular Hbond substituents is 1. The molecule has 0 fully saturated rings. The Morgan fingerprint density at radius 3 is 2.45 bits per heavy atom. The maximum absolute atomic E-state index is 10.9. The molecule has 0 radical (unpaired) electrons. The number of ether oxygens (including phenoxy) is 1. The molecule has 2 rings (SSSR count). The summed E-state index contributed by atoms with van der Waals surface area (Å²) in [7, 11) is 0. The van der Waals surface area contributed by atoms with Crippen molar-refractivity contribution < 1.29 is 14.6 Å². The van der Waals surface area contributed by atoms with E-state index in [1.165, 1.54) is 0 Å². The van der Waals surface area contributed by atoms with Crippen molar-refractivity contribution in [1.82, 2.24) is 0 Å². The Bertz CT molecular complexity index is 680. The summed E-state index contributed by atoms with van der Waals surface area (Å²) in [6.45, 7) is 3.77. The number of primary amides is 1. The van der Waals surface area contributed by atoms with Gasteiger partial charge in [0.2, 0.25) is 0 Å². The van der Waals surface area contributed by atoms with Crippen molar-refractivity contribution in [1.29, 1.82) is 0 Å². The molecule has 0 heterocycles. The van der Waals surface area contributed by atoms with Gasteiger partial charge in [-0.25, -0.2) is 0 Å². The SMILES string of the molecule is CCc1cccc(Cc2cccc(C)c2OCC(N)=O)c1O. The first kappa shape index (κ1) is 15.9. The van der Waals surface area contributed by atoms with Crippen LogP contribution in [0.5, 0.6) is 11.5 Å². The van der Waals surface area contributed by atoms with E-state index in [9.17, 15) is 9.90 Å². The van der Waals surface area contributed by atoms with E-state index in [0.717, 1.165) is 28.7 Å². The fraction of sp³-hybridized carbons (Fsp3) is 0.278. The number of carbonyl (C=O) groups is 1. The van der Waals surface area contributed by atoms with Gasteiger partial charge in [0.15, 0.2) is 6.61 Å². The number of aromatic hydroxyl groups is 1. The Balaban J connectivity index is 2.33. The number of hydrogen-bond donors (Lipinski definition) is 2. The molecule has 4 heteroatoms. The Morgan fingerprint density at radius 2 is 1.77 bits per heavy atom. The lowest BCUT2D eigenvalue weighted by Gasteiger charge is -2.14. The standard InChI is InChI=1S/C18H21NO3/c1-3-13-7-5-8-14(17(13)21)10-15-9-4-6-12(2)18(15)22-11-16(19)20/h4-9,21H,3,10-11H2,1-2H3,(H2,19,20). The van der Waals surface area contributed by atoms with Crippen LogP contribution in [-0.2, 0) is 17.6 Å². The number of amides is 1. The number of benzene rings is 2. The van der Waals surface area contributed by atoms with E-state index in [0.29, 0.717) is 17.9 Å². The average Bonchev–Trinajstić information content (AvgIpc) is 2.48. The zero-order valence-electron chi connectivity index (χ0n) is 12.9. The molecule has 1 amide bonds. The third-order valence-corrected chi connectivity index (χ3v) is 3.62. The predicted molar refractivity (Wildman–Crippen MR) is 86.2 cm³/mol. The Kier molecular flexibility index (Phi) is 5.04. The molecule has 0 aliphatic carbocycles. The van der Waals surface area contributed by atoms with Gasteiger partial charge in [0.1, 0.15) is 11.5 Å². The molecular formula is C18H21NO3. The molecule has 0 aliphatic rings. The van der Waals surface area contributed by atoms with Gasteiger partial charge in [0.05, 0.1) is 0 Å². The molecule has 22 heavy (non-hydrogen) atoms. The fourth-order valence-corrected chi connectivity index (χ4v) is 2.48. The number of aryl methyl sites for hydroxylation is 2. The number of rotatable bonds is 6. The summed E-state index contributed by atoms with van der Waals surface area (Å²) in [5.74, 6) is 0.472. The van der Waals surface area contributed by atoms with Gasteiger partial charge in [-0.1, -0.05) is 43.3 Å². The summed E-state index contributed by atoms with van der Waals surface area (Å²) in [5.41, 5.74) is 8.77. The molecule has 0 atom stereocenters. The van der Waals surface area contributed by atoms with Crippen LogP contribution < -0.4 is 10.5 Å². The predicted octanol–water partition coefficient (Wildman–Crippen LogP) is 2.72. The summed E-state index contributed by atoms with van der Waals surface area (Å²) in [6, 6.07) is 11.5. The highest BCUT2D eigenvalue weighted by atomic mass is 16.5. The van der Waals surface area contributed by atoms with Gasteiger partial charge in [0.25, 0.3) is 5.91 Å². The van der Waals surface area contributed by atoms with E-state index in [1.807, 2.05) is 50.2 Å². The average molecular weight is 299 g/mol. The molecule has 0 saturated carbocycles. The van der Waals surface area contributed by atoms with Crippen LogP contribution >= 0.6 is 0 Å². The van der Waals surface area contributed by atoms with Crippen molar-refractivity contribution in [3.8, 4) is 11.5 Å². The van der Waals surface area contributed by atoms with Crippen molar-refractivity contribution in [2.24, 2.45) is 5.73 Å². The van der Waals surface area contributed by atoms with E-state index in [1.54, 1.807) is 0 Å². The zero-order valence-corrected chi connectivity index (χ0v) is 12.9. The van der Waals surface area contributed by atoms with Gasteiger partial charge in [-0.3, -0.25) is 4.79 Å². The van der Waals surface area contributed by atoms with Crippen LogP contribution in [0.2, 0.25) is 0 Å². The van der Waals surface area contributed by atoms with Crippen LogP contribution in [0.1, 0.15) is 29.2 Å². The van der Waals surface area contributed by atoms with Crippen molar-refractivity contribution in [3.63, 3.8) is 0 Å². The molecule has 0 saturated heterocycles. The molecule has 3 N–H and O–H groups in total. The molecule has 2 aromatic carbocycles. The maximum atomic E-state index is 10.9. The molecule has 4 nitrogen and oxygen atoms in total. The van der Waals surface area contributed by atoms with E-state index < -0.39 is 5.91 Å². The summed E-state index contributed by atoms with van der Waals surface area (Å²) in [5, 5.41) is 10.3. The number of phenols is 1. The van der Waals surface area contributed by atoms with Gasteiger partial charge in [-0.2, -0.15) is 0 Å². The van der Waals surface area contributed by atoms with E-state index in [4.69, 9.17) is 10.5 Å². The molecule has 0 aliphatic heterocycles. The minimum atomic E-state index is -0.509. The second kappa shape index (κ2) is 6.98. The second-order valence-corrected chi connectivity index (χ2v) is 5.27. The topological polar surface area (TPSA) is 72.5 Å². The lowest BCUT2D eigenvalue weighted by Crippen LogP contribution is -2.20. The van der Waals surface area contributed by atoms with E-state index >= 15 is 0 Å². The maximum Gasteiger partial charge on any atom is 0.255 e. The molecule has 0 aromatic heterocycles. The molecule has 0 unspecified atom stereocenters. The highest BCUT2D eigenvalue weighted by molar-refractivity contribution is 5.75. The number of para-hydroxylation sites is 2. The minimum Gasteiger partial charge on any atom is -0.507 e. The quantitative estimate of drug-likeness (QED) is 0.861. The van der Waals surface area contributed by atoms with Crippen LogP contribution in [0, 0.1) is 6.92 Å². The minimum absolute atomic E-state index is 0.154. The lowest BCUT2D eigenvalue weighted by atomic mass is 9.98. The summed E-state index contributed by atoms with van der Waals surface area (Å²) < 4.78 is 5.54. The van der Waals surface area contributed by atoms with Crippen molar-refractivity contribution in [2.45, 2.75) is 26.7 Å². The van der Waals surface area contributed by atoms with Crippen molar-refractivity contribution in [2.75, 3.05) is 6.61 Å². The van der Waals surface area contributed by atoms with Crippen LogP contribution in [0.3, 0.4) is 0 Å². The number of hydrogen-bond acceptors (Lipinski definition) is 3. The van der Waals surface area contributed by atoms with Crippen LogP contribution in [0.15, 0.2) is 36.4 Å². The van der Waals surface area contributed by atoms with E-state index in [-0.39, 0.29) is 6.61 Å². The zero-order chi connectivity index (χ0) is 16.1. The summed E-state index contributed by atoms with van der Waals surface area (Å²) >= 11 is 0. The summed E-state index contributed by atoms with van der Waals surface area (Å²) in [6.07, 6.45) is 1.31. The molecule has 2 aromatic rings. The third-order valence-electron chi connectivity index (χ3n) is 3.62. The molecule has 0 bridgehead atoms. The molecule has 116 valence electrons. The lowest BCUT2D eigenvalue weighted by molar-refractivity contribution is -0.119. The van der Waals surface area contributed by atoms with Gasteiger partial charge in [0, 0.05) is 6.42 Å². The van der Waals surface area contributed by atoms with E-state index in [2.05, 4.69) is 0 Å².